The first-order valence-electron chi connectivity index (χ1n) is 10.6. The molecule has 32 heavy (non-hydrogen) atoms. The number of amides is 1. The van der Waals surface area contributed by atoms with E-state index in [2.05, 4.69) is 58.4 Å². The number of nitrogens with zero attached hydrogens (tertiary/aromatic N) is 1. The van der Waals surface area contributed by atoms with E-state index in [-0.39, 0.29) is 28.2 Å². The molecule has 176 valence electrons. The van der Waals surface area contributed by atoms with Gasteiger partial charge in [0.15, 0.2) is 0 Å². The number of benzene rings is 2. The van der Waals surface area contributed by atoms with E-state index in [1.165, 1.54) is 22.6 Å². The molecular weight excluding hydrogens is 448 g/mol. The Bertz CT molecular complexity index is 990. The van der Waals surface area contributed by atoms with Gasteiger partial charge in [-0.1, -0.05) is 65.3 Å². The topological polar surface area (TPSA) is 78.9 Å². The van der Waals surface area contributed by atoms with Crippen LogP contribution in [-0.2, 0) is 11.3 Å². The highest BCUT2D eigenvalue weighted by atomic mass is 35.5. The summed E-state index contributed by atoms with van der Waals surface area (Å²) in [5, 5.41) is 10.1. The Hall–Kier alpha value is -2.25. The molecule has 2 aromatic rings. The number of carbonyl (C=O) groups excluding carboxylic acids is 1. The SMILES string of the molecule is CC(C)c1cc(C(C)C)c(OS(=O)Nc2cc(Cl)c(O)c(C(=O)N(C)C)c2)c(C(C)C)c1. The second kappa shape index (κ2) is 10.6. The van der Waals surface area contributed by atoms with Crippen molar-refractivity contribution < 1.29 is 18.3 Å². The first-order valence-corrected chi connectivity index (χ1v) is 12.1. The lowest BCUT2D eigenvalue weighted by molar-refractivity contribution is 0.0824. The maximum absolute atomic E-state index is 12.9. The summed E-state index contributed by atoms with van der Waals surface area (Å²) in [5.74, 6) is 0.551. The molecule has 2 aromatic carbocycles. The lowest BCUT2D eigenvalue weighted by Crippen LogP contribution is -2.22. The molecule has 2 N–H and O–H groups in total. The largest absolute Gasteiger partial charge is 0.506 e. The summed E-state index contributed by atoms with van der Waals surface area (Å²) in [6, 6.07) is 7.02. The first-order chi connectivity index (χ1) is 14.8. The van der Waals surface area contributed by atoms with E-state index < -0.39 is 17.2 Å². The molecule has 0 aromatic heterocycles. The highest BCUT2D eigenvalue weighted by Crippen LogP contribution is 2.38. The Balaban J connectivity index is 2.43. The van der Waals surface area contributed by atoms with E-state index in [1.54, 1.807) is 14.1 Å². The minimum Gasteiger partial charge on any atom is -0.506 e. The van der Waals surface area contributed by atoms with Crippen LogP contribution in [0.3, 0.4) is 0 Å². The average Bonchev–Trinajstić information content (AvgIpc) is 2.69. The summed E-state index contributed by atoms with van der Waals surface area (Å²) < 4.78 is 21.6. The molecule has 6 nitrogen and oxygen atoms in total. The summed E-state index contributed by atoms with van der Waals surface area (Å²) >= 11 is 4.14. The number of nitrogens with one attached hydrogen (secondary N) is 1. The third-order valence-corrected chi connectivity index (χ3v) is 6.15. The second-order valence-electron chi connectivity index (χ2n) is 8.97. The molecule has 8 heteroatoms. The van der Waals surface area contributed by atoms with E-state index in [1.807, 2.05) is 0 Å². The first kappa shape index (κ1) is 26.0. The average molecular weight is 481 g/mol. The summed E-state index contributed by atoms with van der Waals surface area (Å²) in [5.41, 5.74) is 3.49. The third-order valence-electron chi connectivity index (χ3n) is 5.14. The van der Waals surface area contributed by atoms with E-state index in [4.69, 9.17) is 15.8 Å². The van der Waals surface area contributed by atoms with Crippen LogP contribution < -0.4 is 8.91 Å². The Morgan fingerprint density at radius 1 is 1.00 bits per heavy atom. The van der Waals surface area contributed by atoms with Crippen molar-refractivity contribution in [1.29, 1.82) is 0 Å². The second-order valence-corrected chi connectivity index (χ2v) is 10.2. The van der Waals surface area contributed by atoms with Crippen molar-refractivity contribution in [3.8, 4) is 11.5 Å². The highest BCUT2D eigenvalue weighted by Gasteiger charge is 2.22. The number of rotatable bonds is 8. The highest BCUT2D eigenvalue weighted by molar-refractivity contribution is 7.82. The van der Waals surface area contributed by atoms with Crippen molar-refractivity contribution in [3.05, 3.63) is 51.5 Å². The van der Waals surface area contributed by atoms with Crippen LogP contribution in [0.15, 0.2) is 24.3 Å². The van der Waals surface area contributed by atoms with Gasteiger partial charge in [-0.05, 0) is 46.6 Å². The molecule has 0 heterocycles. The van der Waals surface area contributed by atoms with Crippen molar-refractivity contribution in [1.82, 2.24) is 4.90 Å². The predicted octanol–water partition coefficient (Wildman–Crippen LogP) is 6.19. The maximum Gasteiger partial charge on any atom is 0.316 e. The normalized spacial score (nSPS) is 12.4. The van der Waals surface area contributed by atoms with E-state index in [0.717, 1.165) is 11.1 Å². The molecule has 0 spiro atoms. The fourth-order valence-electron chi connectivity index (χ4n) is 3.24. The standard InChI is InChI=1S/C24H33ClN2O4S/c1-13(2)16-9-18(14(3)4)23(19(10-16)15(5)6)31-32(30)26-17-11-20(24(29)27(7)8)22(28)21(25)12-17/h9-15,26,28H,1-8H3. The Morgan fingerprint density at radius 3 is 1.97 bits per heavy atom. The molecule has 1 atom stereocenters. The maximum atomic E-state index is 12.9. The Labute approximate surface area is 198 Å². The minimum atomic E-state index is -1.96. The number of halogens is 1. The Kier molecular flexibility index (Phi) is 8.60. The molecule has 0 aliphatic carbocycles. The molecule has 0 aliphatic rings. The van der Waals surface area contributed by atoms with Crippen LogP contribution in [0.25, 0.3) is 0 Å². The summed E-state index contributed by atoms with van der Waals surface area (Å²) in [6.45, 7) is 12.6. The number of phenols is 1. The van der Waals surface area contributed by atoms with Crippen molar-refractivity contribution in [3.63, 3.8) is 0 Å². The van der Waals surface area contributed by atoms with Gasteiger partial charge in [0.25, 0.3) is 5.91 Å². The number of aromatic hydroxyl groups is 1. The molecule has 2 rings (SSSR count). The van der Waals surface area contributed by atoms with Crippen LogP contribution in [0.5, 0.6) is 11.5 Å². The van der Waals surface area contributed by atoms with Gasteiger partial charge in [0.2, 0.25) is 0 Å². The van der Waals surface area contributed by atoms with Crippen LogP contribution in [0, 0.1) is 0 Å². The monoisotopic (exact) mass is 480 g/mol. The van der Waals surface area contributed by atoms with Gasteiger partial charge in [-0.2, -0.15) is 4.21 Å². The molecule has 0 radical (unpaired) electrons. The van der Waals surface area contributed by atoms with Crippen LogP contribution >= 0.6 is 11.6 Å². The van der Waals surface area contributed by atoms with Crippen molar-refractivity contribution in [2.75, 3.05) is 18.8 Å². The molecule has 0 bridgehead atoms. The molecule has 1 amide bonds. The fraction of sp³-hybridized carbons (Fsp3) is 0.458. The smallest absolute Gasteiger partial charge is 0.316 e. The predicted molar refractivity (Wildman–Crippen MR) is 132 cm³/mol. The molecule has 0 saturated carbocycles. The summed E-state index contributed by atoms with van der Waals surface area (Å²) in [7, 11) is 3.14. The number of phenolic OH excluding ortho intramolecular Hbond substituents is 1. The zero-order valence-corrected chi connectivity index (χ0v) is 21.5. The zero-order chi connectivity index (χ0) is 24.3. The van der Waals surface area contributed by atoms with Crippen LogP contribution in [0.1, 0.15) is 86.3 Å². The lowest BCUT2D eigenvalue weighted by atomic mass is 9.88. The van der Waals surface area contributed by atoms with Crippen LogP contribution in [-0.4, -0.2) is 34.2 Å². The van der Waals surface area contributed by atoms with E-state index >= 15 is 0 Å². The van der Waals surface area contributed by atoms with E-state index in [0.29, 0.717) is 17.4 Å². The van der Waals surface area contributed by atoms with E-state index in [9.17, 15) is 14.1 Å². The van der Waals surface area contributed by atoms with Crippen molar-refractivity contribution >= 4 is 34.5 Å². The van der Waals surface area contributed by atoms with Gasteiger partial charge in [0.05, 0.1) is 16.3 Å². The fourth-order valence-corrected chi connectivity index (χ4v) is 4.16. The van der Waals surface area contributed by atoms with Gasteiger partial charge in [-0.3, -0.25) is 9.52 Å². The van der Waals surface area contributed by atoms with Crippen LogP contribution in [0.2, 0.25) is 5.02 Å². The number of anilines is 1. The number of hydrogen-bond donors (Lipinski definition) is 2. The minimum absolute atomic E-state index is 0.00836. The van der Waals surface area contributed by atoms with Gasteiger partial charge in [-0.25, -0.2) is 0 Å². The van der Waals surface area contributed by atoms with Gasteiger partial charge >= 0.3 is 11.3 Å². The molecular formula is C24H33ClN2O4S. The van der Waals surface area contributed by atoms with Gasteiger partial charge in [0, 0.05) is 14.1 Å². The Morgan fingerprint density at radius 2 is 1.53 bits per heavy atom. The summed E-state index contributed by atoms with van der Waals surface area (Å²) in [4.78, 5) is 13.7. The summed E-state index contributed by atoms with van der Waals surface area (Å²) in [6.07, 6.45) is 0. The third kappa shape index (κ3) is 5.95. The lowest BCUT2D eigenvalue weighted by Gasteiger charge is -2.22. The van der Waals surface area contributed by atoms with Gasteiger partial charge in [0.1, 0.15) is 11.5 Å². The van der Waals surface area contributed by atoms with Gasteiger partial charge in [-0.15, -0.1) is 0 Å². The number of hydrogen-bond acceptors (Lipinski definition) is 4. The van der Waals surface area contributed by atoms with Crippen molar-refractivity contribution in [2.24, 2.45) is 0 Å². The molecule has 1 unspecified atom stereocenters. The molecule has 0 fully saturated rings. The quantitative estimate of drug-likeness (QED) is 0.441. The zero-order valence-electron chi connectivity index (χ0n) is 19.9. The molecule has 0 aliphatic heterocycles. The van der Waals surface area contributed by atoms with Crippen molar-refractivity contribution in [2.45, 2.75) is 59.3 Å². The van der Waals surface area contributed by atoms with Crippen LogP contribution in [0.4, 0.5) is 5.69 Å². The van der Waals surface area contributed by atoms with Gasteiger partial charge < -0.3 is 14.2 Å². The molecule has 0 saturated heterocycles. The number of carbonyl (C=O) groups is 1.